The number of nitrogens with zero attached hydrogens (tertiary/aromatic N) is 8. The summed E-state index contributed by atoms with van der Waals surface area (Å²) in [6, 6.07) is -0.524. The Bertz CT molecular complexity index is 827. The van der Waals surface area contributed by atoms with Gasteiger partial charge in [-0.2, -0.15) is 5.10 Å². The van der Waals surface area contributed by atoms with Crippen molar-refractivity contribution in [2.24, 2.45) is 5.11 Å². The molecule has 1 saturated heterocycles. The summed E-state index contributed by atoms with van der Waals surface area (Å²) in [6.45, 7) is 13.7. The van der Waals surface area contributed by atoms with Crippen LogP contribution >= 0.6 is 0 Å². The molecule has 0 saturated carbocycles. The van der Waals surface area contributed by atoms with Crippen LogP contribution in [0.3, 0.4) is 0 Å². The summed E-state index contributed by atoms with van der Waals surface area (Å²) in [5.41, 5.74) is 21.6. The maximum Gasteiger partial charge on any atom is 1.00 e. The Morgan fingerprint density at radius 2 is 1.81 bits per heavy atom. The van der Waals surface area contributed by atoms with Crippen LogP contribution in [0.15, 0.2) is 17.5 Å². The Balaban J connectivity index is 0.00000227. The molecular weight excluding hydrogens is 428 g/mol. The molecule has 0 aliphatic carbocycles. The third-order valence-corrected chi connectivity index (χ3v) is 4.67. The van der Waals surface area contributed by atoms with Gasteiger partial charge in [0.2, 0.25) is 0 Å². The van der Waals surface area contributed by atoms with E-state index in [-0.39, 0.29) is 36.1 Å². The normalized spacial score (nSPS) is 16.9. The van der Waals surface area contributed by atoms with Crippen molar-refractivity contribution in [3.8, 4) is 0 Å². The van der Waals surface area contributed by atoms with Gasteiger partial charge in [0.25, 0.3) is 0 Å². The molecule has 13 nitrogen and oxygen atoms in total. The van der Waals surface area contributed by atoms with Crippen LogP contribution < -0.4 is 40.3 Å². The van der Waals surface area contributed by atoms with E-state index in [2.05, 4.69) is 20.4 Å². The Morgan fingerprint density at radius 1 is 1.28 bits per heavy atom. The molecule has 0 aromatic carbocycles. The summed E-state index contributed by atoms with van der Waals surface area (Å²) in [7, 11) is -0.517. The molecule has 1 fully saturated rings. The number of alkyl carbamates (subject to hydrolysis) is 1. The molecule has 170 valence electrons. The van der Waals surface area contributed by atoms with Crippen LogP contribution in [0, 0.1) is 0 Å². The largest absolute Gasteiger partial charge is 1.00 e. The molecule has 32 heavy (non-hydrogen) atoms. The first kappa shape index (κ1) is 30.1. The second-order valence-electron chi connectivity index (χ2n) is 8.91. The van der Waals surface area contributed by atoms with E-state index in [0.29, 0.717) is 6.54 Å². The first-order valence-electron chi connectivity index (χ1n) is 9.62. The molecule has 1 unspecified atom stereocenters. The van der Waals surface area contributed by atoms with Crippen LogP contribution in [0.5, 0.6) is 0 Å². The van der Waals surface area contributed by atoms with Gasteiger partial charge in [-0.15, -0.1) is 0 Å². The van der Waals surface area contributed by atoms with Crippen molar-refractivity contribution in [3.05, 3.63) is 38.8 Å². The van der Waals surface area contributed by atoms with Gasteiger partial charge >= 0.3 is 42.8 Å². The molecule has 1 aliphatic rings. The van der Waals surface area contributed by atoms with Crippen molar-refractivity contribution in [2.75, 3.05) is 6.54 Å². The fraction of sp³-hybridized carbons (Fsp3) is 0.765. The molecule has 2 heterocycles. The number of ether oxygens (including phenoxy) is 1. The second kappa shape index (κ2) is 12.4. The third-order valence-electron chi connectivity index (χ3n) is 4.67. The Labute approximate surface area is 210 Å². The Morgan fingerprint density at radius 3 is 2.28 bits per heavy atom. The maximum atomic E-state index is 11.8. The van der Waals surface area contributed by atoms with Crippen molar-refractivity contribution < 1.29 is 48.4 Å². The predicted molar refractivity (Wildman–Crippen MR) is 115 cm³/mol. The number of carbonyl (C=O) groups is 1. The summed E-state index contributed by atoms with van der Waals surface area (Å²) in [6.07, 6.45) is 2.88. The zero-order chi connectivity index (χ0) is 23.9. The van der Waals surface area contributed by atoms with Gasteiger partial charge in [0, 0.05) is 29.3 Å². The van der Waals surface area contributed by atoms with Gasteiger partial charge < -0.3 is 30.4 Å². The van der Waals surface area contributed by atoms with Crippen molar-refractivity contribution in [1.29, 1.82) is 0 Å². The number of aromatic nitrogens is 2. The summed E-state index contributed by atoms with van der Waals surface area (Å²) in [5.74, 6) is 0. The molecule has 1 atom stereocenters. The quantitative estimate of drug-likeness (QED) is 0.278. The standard InChI is InChI=1S/C17H29BN6O4.N3.Na/c1-15(2,3)26-14(25)20-9-13(22-23-19)11-24-10-12(8-21-24)18-27-16(4,5)17(6,7)28-18;1-3-2;/h8,10,13H,9,11H2,1-7H3,(H,20,25);;/q;-1;+1. The topological polar surface area (TPSA) is 182 Å². The van der Waals surface area contributed by atoms with Crippen LogP contribution in [0.1, 0.15) is 48.5 Å². The van der Waals surface area contributed by atoms with E-state index >= 15 is 0 Å². The van der Waals surface area contributed by atoms with Crippen LogP contribution in [-0.2, 0) is 20.6 Å². The van der Waals surface area contributed by atoms with Gasteiger partial charge in [-0.05, 0) is 54.0 Å². The van der Waals surface area contributed by atoms with Gasteiger partial charge in [0.1, 0.15) is 5.60 Å². The SMILES string of the molecule is CC(C)(C)OC(=O)NCC(Cn1cc(B2OC(C)(C)C(C)(C)O2)cn1)N=[N+]=[N-].[N-]=[N+]=[N-].[Na+]. The molecule has 0 spiro atoms. The first-order chi connectivity index (χ1) is 14.2. The van der Waals surface area contributed by atoms with Crippen molar-refractivity contribution in [1.82, 2.24) is 15.1 Å². The molecule has 1 aromatic heterocycles. The number of hydrogen-bond donors (Lipinski definition) is 1. The number of rotatable bonds is 6. The van der Waals surface area contributed by atoms with Gasteiger partial charge in [0.15, 0.2) is 0 Å². The van der Waals surface area contributed by atoms with Crippen LogP contribution in [0.2, 0.25) is 0 Å². The van der Waals surface area contributed by atoms with E-state index in [1.54, 1.807) is 37.8 Å². The molecule has 1 aliphatic heterocycles. The molecule has 0 bridgehead atoms. The zero-order valence-corrected chi connectivity index (χ0v) is 21.9. The third kappa shape index (κ3) is 9.29. The molecule has 0 radical (unpaired) electrons. The average Bonchev–Trinajstić information content (AvgIpc) is 3.14. The molecule has 1 aromatic rings. The fourth-order valence-corrected chi connectivity index (χ4v) is 2.53. The van der Waals surface area contributed by atoms with E-state index < -0.39 is 36.1 Å². The first-order valence-corrected chi connectivity index (χ1v) is 9.62. The molecule has 15 heteroatoms. The van der Waals surface area contributed by atoms with Gasteiger partial charge in [0.05, 0.1) is 23.8 Å². The van der Waals surface area contributed by atoms with E-state index in [0.717, 1.165) is 5.46 Å². The fourth-order valence-electron chi connectivity index (χ4n) is 2.53. The van der Waals surface area contributed by atoms with Crippen LogP contribution in [0.4, 0.5) is 4.79 Å². The summed E-state index contributed by atoms with van der Waals surface area (Å²) < 4.78 is 18.8. The maximum absolute atomic E-state index is 11.8. The van der Waals surface area contributed by atoms with Crippen molar-refractivity contribution in [3.63, 3.8) is 0 Å². The molecular formula is C17H29BN9NaO4. The van der Waals surface area contributed by atoms with Gasteiger partial charge in [-0.25, -0.2) is 4.79 Å². The zero-order valence-electron chi connectivity index (χ0n) is 19.9. The number of carbonyl (C=O) groups excluding carboxylic acids is 1. The summed E-state index contributed by atoms with van der Waals surface area (Å²) in [5, 5.41) is 10.6. The summed E-state index contributed by atoms with van der Waals surface area (Å²) in [4.78, 5) is 16.1. The van der Waals surface area contributed by atoms with E-state index in [4.69, 9.17) is 30.6 Å². The monoisotopic (exact) mass is 457 g/mol. The van der Waals surface area contributed by atoms with E-state index in [9.17, 15) is 4.79 Å². The van der Waals surface area contributed by atoms with Gasteiger partial charge in [-0.1, -0.05) is 5.11 Å². The van der Waals surface area contributed by atoms with Crippen molar-refractivity contribution >= 4 is 18.7 Å². The van der Waals surface area contributed by atoms with Crippen LogP contribution in [0.25, 0.3) is 26.4 Å². The van der Waals surface area contributed by atoms with Crippen molar-refractivity contribution in [2.45, 2.75) is 77.9 Å². The minimum Gasteiger partial charge on any atom is -0.444 e. The number of amides is 1. The van der Waals surface area contributed by atoms with E-state index in [1.807, 2.05) is 27.7 Å². The number of hydrogen-bond acceptors (Lipinski definition) is 6. The second-order valence-corrected chi connectivity index (χ2v) is 8.91. The minimum atomic E-state index is -0.599. The average molecular weight is 457 g/mol. The molecule has 2 rings (SSSR count). The minimum absolute atomic E-state index is 0. The Hall–Kier alpha value is -1.92. The van der Waals surface area contributed by atoms with Crippen LogP contribution in [-0.4, -0.2) is 52.4 Å². The Kier molecular flexibility index (Phi) is 11.6. The molecule has 1 amide bonds. The molecule has 1 N–H and O–H groups in total. The smallest absolute Gasteiger partial charge is 0.444 e. The van der Waals surface area contributed by atoms with Gasteiger partial charge in [-0.3, -0.25) is 9.59 Å². The van der Waals surface area contributed by atoms with E-state index in [1.165, 1.54) is 4.91 Å². The number of nitrogens with one attached hydrogen (secondary N) is 1. The predicted octanol–water partition coefficient (Wildman–Crippen LogP) is 0.256. The number of azide groups is 1. The summed E-state index contributed by atoms with van der Waals surface area (Å²) >= 11 is 0.